The first kappa shape index (κ1) is 26.1. The molecule has 2 N–H and O–H groups in total. The largest absolute Gasteiger partial charge is 0.326 e. The van der Waals surface area contributed by atoms with Gasteiger partial charge < -0.3 is 10.6 Å². The van der Waals surface area contributed by atoms with Gasteiger partial charge in [0.05, 0.1) is 4.90 Å². The molecular formula is C27H31N3O4S. The van der Waals surface area contributed by atoms with Gasteiger partial charge in [-0.05, 0) is 66.9 Å². The van der Waals surface area contributed by atoms with Crippen LogP contribution in [-0.4, -0.2) is 31.6 Å². The van der Waals surface area contributed by atoms with Crippen LogP contribution in [0.25, 0.3) is 0 Å². The molecule has 0 aliphatic heterocycles. The third-order valence-electron chi connectivity index (χ3n) is 5.84. The van der Waals surface area contributed by atoms with Crippen LogP contribution in [-0.2, 0) is 21.4 Å². The molecule has 0 fully saturated rings. The molecule has 184 valence electrons. The van der Waals surface area contributed by atoms with E-state index >= 15 is 0 Å². The highest BCUT2D eigenvalue weighted by molar-refractivity contribution is 7.89. The molecule has 0 saturated heterocycles. The van der Waals surface area contributed by atoms with Gasteiger partial charge in [-0.3, -0.25) is 9.59 Å². The van der Waals surface area contributed by atoms with Gasteiger partial charge in [0.15, 0.2) is 0 Å². The lowest BCUT2D eigenvalue weighted by Crippen LogP contribution is -2.26. The Morgan fingerprint density at radius 1 is 0.800 bits per heavy atom. The van der Waals surface area contributed by atoms with Crippen LogP contribution in [0.3, 0.4) is 0 Å². The number of amides is 2. The summed E-state index contributed by atoms with van der Waals surface area (Å²) in [5.74, 6) is -0.404. The normalized spacial score (nSPS) is 11.5. The van der Waals surface area contributed by atoms with Crippen LogP contribution < -0.4 is 10.6 Å². The number of benzene rings is 3. The minimum atomic E-state index is -3.67. The van der Waals surface area contributed by atoms with Crippen molar-refractivity contribution in [1.29, 1.82) is 0 Å². The highest BCUT2D eigenvalue weighted by Crippen LogP contribution is 2.20. The number of carbonyl (C=O) groups is 2. The van der Waals surface area contributed by atoms with E-state index in [2.05, 4.69) is 10.6 Å². The molecule has 35 heavy (non-hydrogen) atoms. The second-order valence-corrected chi connectivity index (χ2v) is 10.4. The Morgan fingerprint density at radius 2 is 1.34 bits per heavy atom. The van der Waals surface area contributed by atoms with Gasteiger partial charge in [0, 0.05) is 36.4 Å². The number of nitrogens with zero attached hydrogens (tertiary/aromatic N) is 1. The number of rotatable bonds is 10. The first-order valence-electron chi connectivity index (χ1n) is 11.6. The maximum Gasteiger partial charge on any atom is 0.255 e. The second-order valence-electron chi connectivity index (χ2n) is 8.31. The van der Waals surface area contributed by atoms with Crippen molar-refractivity contribution in [2.24, 2.45) is 5.92 Å². The fourth-order valence-electron chi connectivity index (χ4n) is 3.63. The van der Waals surface area contributed by atoms with E-state index < -0.39 is 10.0 Å². The molecular weight excluding hydrogens is 462 g/mol. The molecule has 8 heteroatoms. The average Bonchev–Trinajstić information content (AvgIpc) is 2.86. The summed E-state index contributed by atoms with van der Waals surface area (Å²) in [4.78, 5) is 25.0. The monoisotopic (exact) mass is 493 g/mol. The standard InChI is InChI=1S/C27H31N3O4S/c1-4-21(5-2)26(31)28-23-13-11-22(12-14-23)27(32)29-24-15-17-25(18-16-24)35(33,34)30(3)19-20-9-7-6-8-10-20/h6-18,21H,4-5,19H2,1-3H3,(H,28,31)(H,29,32). The Balaban J connectivity index is 1.62. The van der Waals surface area contributed by atoms with Crippen molar-refractivity contribution in [2.45, 2.75) is 38.1 Å². The molecule has 7 nitrogen and oxygen atoms in total. The number of carbonyl (C=O) groups excluding carboxylic acids is 2. The molecule has 0 radical (unpaired) electrons. The molecule has 0 atom stereocenters. The van der Waals surface area contributed by atoms with Gasteiger partial charge in [-0.1, -0.05) is 44.2 Å². The second kappa shape index (κ2) is 11.8. The molecule has 0 unspecified atom stereocenters. The van der Waals surface area contributed by atoms with Gasteiger partial charge in [-0.2, -0.15) is 4.31 Å². The molecule has 3 aromatic rings. The maximum absolute atomic E-state index is 12.9. The van der Waals surface area contributed by atoms with Crippen molar-refractivity contribution in [3.63, 3.8) is 0 Å². The SMILES string of the molecule is CCC(CC)C(=O)Nc1ccc(C(=O)Nc2ccc(S(=O)(=O)N(C)Cc3ccccc3)cc2)cc1. The minimum absolute atomic E-state index is 0.0309. The van der Waals surface area contributed by atoms with Crippen molar-refractivity contribution in [3.05, 3.63) is 90.0 Å². The first-order chi connectivity index (χ1) is 16.7. The lowest BCUT2D eigenvalue weighted by atomic mass is 10.0. The summed E-state index contributed by atoms with van der Waals surface area (Å²) in [6.45, 7) is 4.22. The van der Waals surface area contributed by atoms with Crippen molar-refractivity contribution in [2.75, 3.05) is 17.7 Å². The quantitative estimate of drug-likeness (QED) is 0.409. The van der Waals surface area contributed by atoms with Gasteiger partial charge in [-0.25, -0.2) is 8.42 Å². The lowest BCUT2D eigenvalue weighted by Gasteiger charge is -2.17. The van der Waals surface area contributed by atoms with Crippen LogP contribution in [0.4, 0.5) is 11.4 Å². The van der Waals surface area contributed by atoms with E-state index in [0.29, 0.717) is 16.9 Å². The first-order valence-corrected chi connectivity index (χ1v) is 13.0. The van der Waals surface area contributed by atoms with Crippen LogP contribution in [0.5, 0.6) is 0 Å². The summed E-state index contributed by atoms with van der Waals surface area (Å²) in [6.07, 6.45) is 1.54. The van der Waals surface area contributed by atoms with Crippen molar-refractivity contribution < 1.29 is 18.0 Å². The molecule has 3 aromatic carbocycles. The van der Waals surface area contributed by atoms with Gasteiger partial charge in [0.25, 0.3) is 5.91 Å². The summed E-state index contributed by atoms with van der Waals surface area (Å²) in [7, 11) is -2.14. The predicted molar refractivity (Wildman–Crippen MR) is 139 cm³/mol. The van der Waals surface area contributed by atoms with E-state index in [1.807, 2.05) is 44.2 Å². The topological polar surface area (TPSA) is 95.6 Å². The third kappa shape index (κ3) is 6.77. The number of nitrogens with one attached hydrogen (secondary N) is 2. The van der Waals surface area contributed by atoms with Gasteiger partial charge in [0.2, 0.25) is 15.9 Å². The van der Waals surface area contributed by atoms with Crippen LogP contribution in [0.1, 0.15) is 42.6 Å². The molecule has 2 amide bonds. The Labute approximate surface area is 207 Å². The molecule has 0 aromatic heterocycles. The maximum atomic E-state index is 12.9. The highest BCUT2D eigenvalue weighted by Gasteiger charge is 2.21. The van der Waals surface area contributed by atoms with Crippen LogP contribution in [0.15, 0.2) is 83.8 Å². The summed E-state index contributed by atoms with van der Waals surface area (Å²) in [5, 5.41) is 5.64. The molecule has 0 saturated carbocycles. The summed E-state index contributed by atoms with van der Waals surface area (Å²) >= 11 is 0. The van der Waals surface area contributed by atoms with Crippen LogP contribution in [0.2, 0.25) is 0 Å². The molecule has 0 bridgehead atoms. The number of hydrogen-bond acceptors (Lipinski definition) is 4. The van der Waals surface area contributed by atoms with Crippen molar-refractivity contribution >= 4 is 33.2 Å². The smallest absolute Gasteiger partial charge is 0.255 e. The van der Waals surface area contributed by atoms with E-state index in [4.69, 9.17) is 0 Å². The fraction of sp³-hybridized carbons (Fsp3) is 0.259. The van der Waals surface area contributed by atoms with Crippen molar-refractivity contribution in [3.8, 4) is 0 Å². The van der Waals surface area contributed by atoms with E-state index in [1.165, 1.54) is 23.5 Å². The zero-order valence-electron chi connectivity index (χ0n) is 20.2. The summed E-state index contributed by atoms with van der Waals surface area (Å²) in [5.41, 5.74) is 2.42. The molecule has 0 aliphatic rings. The van der Waals surface area contributed by atoms with E-state index in [9.17, 15) is 18.0 Å². The number of hydrogen-bond donors (Lipinski definition) is 2. The number of anilines is 2. The Hall–Kier alpha value is -3.49. The molecule has 0 heterocycles. The predicted octanol–water partition coefficient (Wildman–Crippen LogP) is 5.13. The Bertz CT molecular complexity index is 1240. The van der Waals surface area contributed by atoms with E-state index in [0.717, 1.165) is 18.4 Å². The fourth-order valence-corrected chi connectivity index (χ4v) is 4.79. The summed E-state index contributed by atoms with van der Waals surface area (Å²) < 4.78 is 27.1. The summed E-state index contributed by atoms with van der Waals surface area (Å²) in [6, 6.07) is 22.1. The third-order valence-corrected chi connectivity index (χ3v) is 7.66. The van der Waals surface area contributed by atoms with Gasteiger partial charge >= 0.3 is 0 Å². The number of sulfonamides is 1. The highest BCUT2D eigenvalue weighted by atomic mass is 32.2. The molecule has 0 spiro atoms. The molecule has 0 aliphatic carbocycles. The van der Waals surface area contributed by atoms with Crippen molar-refractivity contribution in [1.82, 2.24) is 4.31 Å². The Morgan fingerprint density at radius 3 is 1.91 bits per heavy atom. The van der Waals surface area contributed by atoms with Gasteiger partial charge in [-0.15, -0.1) is 0 Å². The average molecular weight is 494 g/mol. The molecule has 3 rings (SSSR count). The van der Waals surface area contributed by atoms with E-state index in [1.54, 1.807) is 36.4 Å². The van der Waals surface area contributed by atoms with Crippen LogP contribution in [0, 0.1) is 5.92 Å². The van der Waals surface area contributed by atoms with Crippen LogP contribution >= 0.6 is 0 Å². The van der Waals surface area contributed by atoms with E-state index in [-0.39, 0.29) is 29.2 Å². The Kier molecular flexibility index (Phi) is 8.78. The zero-order valence-corrected chi connectivity index (χ0v) is 21.0. The lowest BCUT2D eigenvalue weighted by molar-refractivity contribution is -0.120. The zero-order chi connectivity index (χ0) is 25.4. The van der Waals surface area contributed by atoms with Gasteiger partial charge in [0.1, 0.15) is 0 Å². The minimum Gasteiger partial charge on any atom is -0.326 e.